The monoisotopic (exact) mass is 370 g/mol. The maximum absolute atomic E-state index is 13.0. The summed E-state index contributed by atoms with van der Waals surface area (Å²) in [5, 5.41) is 18.4. The van der Waals surface area contributed by atoms with Gasteiger partial charge in [-0.1, -0.05) is 6.92 Å². The highest BCUT2D eigenvalue weighted by Crippen LogP contribution is 2.30. The second-order valence-corrected chi connectivity index (χ2v) is 6.04. The van der Waals surface area contributed by atoms with Crippen LogP contribution in [0.5, 0.6) is 5.75 Å². The van der Waals surface area contributed by atoms with Crippen molar-refractivity contribution in [3.05, 3.63) is 51.7 Å². The molecule has 0 aliphatic rings. The number of carboxylic acid groups (broad SMARTS) is 1. The molecule has 0 amide bonds. The number of ether oxygens (including phenoxy) is 1. The molecule has 27 heavy (non-hydrogen) atoms. The number of Topliss-reactive ketones (excluding diaryl/α,β-unsaturated/α-hetero) is 1. The number of carbonyl (C=O) groups is 2. The Labute approximate surface area is 153 Å². The number of hydrogen-bond acceptors (Lipinski definition) is 6. The molecule has 3 aromatic rings. The first-order chi connectivity index (χ1) is 13.0. The maximum Gasteiger partial charge on any atom is 0.335 e. The number of carbonyl (C=O) groups excluding carboxylic acids is 1. The van der Waals surface area contributed by atoms with Gasteiger partial charge in [0.15, 0.2) is 17.1 Å². The summed E-state index contributed by atoms with van der Waals surface area (Å²) in [6.45, 7) is 1.60. The molecule has 7 heteroatoms. The molecule has 0 spiro atoms. The van der Waals surface area contributed by atoms with Gasteiger partial charge in [0.1, 0.15) is 12.2 Å². The number of fused-ring (bicyclic) bond motifs is 2. The first-order valence-corrected chi connectivity index (χ1v) is 8.51. The van der Waals surface area contributed by atoms with Gasteiger partial charge >= 0.3 is 5.97 Å². The predicted octanol–water partition coefficient (Wildman–Crippen LogP) is 3.00. The largest absolute Gasteiger partial charge is 0.487 e. The lowest BCUT2D eigenvalue weighted by Gasteiger charge is -2.11. The smallest absolute Gasteiger partial charge is 0.335 e. The van der Waals surface area contributed by atoms with E-state index >= 15 is 0 Å². The van der Waals surface area contributed by atoms with Gasteiger partial charge in [-0.15, -0.1) is 0 Å². The van der Waals surface area contributed by atoms with Crippen molar-refractivity contribution in [2.45, 2.75) is 19.8 Å². The van der Waals surface area contributed by atoms with Gasteiger partial charge in [0, 0.05) is 12.0 Å². The molecule has 0 saturated carbocycles. The van der Waals surface area contributed by atoms with Crippen molar-refractivity contribution >= 4 is 33.7 Å². The number of aromatic carboxylic acids is 1. The van der Waals surface area contributed by atoms with E-state index in [1.54, 1.807) is 0 Å². The molecular weight excluding hydrogens is 352 g/mol. The third kappa shape index (κ3) is 3.54. The van der Waals surface area contributed by atoms with Crippen LogP contribution >= 0.6 is 0 Å². The lowest BCUT2D eigenvalue weighted by Crippen LogP contribution is -2.09. The normalized spacial score (nSPS) is 11.0. The number of rotatable bonds is 7. The zero-order chi connectivity index (χ0) is 19.6. The maximum atomic E-state index is 13.0. The van der Waals surface area contributed by atoms with Crippen molar-refractivity contribution < 1.29 is 29.0 Å². The number of hydrogen-bond donors (Lipinski definition) is 2. The first-order valence-electron chi connectivity index (χ1n) is 8.51. The van der Waals surface area contributed by atoms with Gasteiger partial charge in [-0.05, 0) is 36.8 Å². The summed E-state index contributed by atoms with van der Waals surface area (Å²) in [4.78, 5) is 36.5. The Balaban J connectivity index is 2.33. The molecule has 0 fully saturated rings. The molecule has 0 aliphatic carbocycles. The van der Waals surface area contributed by atoms with Crippen molar-refractivity contribution in [2.75, 3.05) is 13.2 Å². The van der Waals surface area contributed by atoms with Gasteiger partial charge in [0.05, 0.1) is 22.9 Å². The van der Waals surface area contributed by atoms with Crippen LogP contribution in [0.15, 0.2) is 39.5 Å². The Morgan fingerprint density at radius 3 is 2.52 bits per heavy atom. The van der Waals surface area contributed by atoms with E-state index in [1.807, 2.05) is 6.92 Å². The number of aliphatic hydroxyl groups excluding tert-OH is 1. The van der Waals surface area contributed by atoms with Gasteiger partial charge in [-0.2, -0.15) is 0 Å². The number of benzene rings is 2. The minimum atomic E-state index is -1.16. The van der Waals surface area contributed by atoms with Crippen LogP contribution in [0.1, 0.15) is 40.5 Å². The lowest BCUT2D eigenvalue weighted by molar-refractivity contribution is 0.0696. The van der Waals surface area contributed by atoms with E-state index in [1.165, 1.54) is 30.3 Å². The quantitative estimate of drug-likeness (QED) is 0.485. The molecule has 140 valence electrons. The van der Waals surface area contributed by atoms with E-state index in [9.17, 15) is 14.4 Å². The molecule has 0 bridgehead atoms. The van der Waals surface area contributed by atoms with Crippen LogP contribution in [0.4, 0.5) is 0 Å². The molecule has 0 atom stereocenters. The minimum absolute atomic E-state index is 0.0276. The van der Waals surface area contributed by atoms with E-state index in [4.69, 9.17) is 19.4 Å². The van der Waals surface area contributed by atoms with Crippen LogP contribution < -0.4 is 10.2 Å². The molecule has 7 nitrogen and oxygen atoms in total. The molecule has 1 heterocycles. The number of aliphatic hydroxyl groups is 1. The average molecular weight is 370 g/mol. The Morgan fingerprint density at radius 1 is 1.11 bits per heavy atom. The van der Waals surface area contributed by atoms with Gasteiger partial charge in [-0.25, -0.2) is 4.79 Å². The third-order valence-electron chi connectivity index (χ3n) is 4.13. The number of ketones is 1. The fourth-order valence-corrected chi connectivity index (χ4v) is 2.86. The van der Waals surface area contributed by atoms with Crippen molar-refractivity contribution in [3.8, 4) is 5.75 Å². The molecule has 0 radical (unpaired) electrons. The number of carboxylic acids is 1. The van der Waals surface area contributed by atoms with Crippen molar-refractivity contribution in [3.63, 3.8) is 0 Å². The molecule has 2 aromatic carbocycles. The highest BCUT2D eigenvalue weighted by molar-refractivity contribution is 6.03. The zero-order valence-electron chi connectivity index (χ0n) is 14.7. The summed E-state index contributed by atoms with van der Waals surface area (Å²) in [5.41, 5.74) is 0.174. The molecule has 0 unspecified atom stereocenters. The Kier molecular flexibility index (Phi) is 5.23. The van der Waals surface area contributed by atoms with Crippen LogP contribution in [0, 0.1) is 0 Å². The van der Waals surface area contributed by atoms with Crippen molar-refractivity contribution in [2.24, 2.45) is 0 Å². The molecule has 0 saturated heterocycles. The second kappa shape index (κ2) is 7.59. The van der Waals surface area contributed by atoms with Crippen LogP contribution in [0.2, 0.25) is 0 Å². The summed E-state index contributed by atoms with van der Waals surface area (Å²) < 4.78 is 11.2. The van der Waals surface area contributed by atoms with E-state index in [-0.39, 0.29) is 52.2 Å². The average Bonchev–Trinajstić information content (AvgIpc) is 2.66. The topological polar surface area (TPSA) is 114 Å². The van der Waals surface area contributed by atoms with Gasteiger partial charge in [-0.3, -0.25) is 9.59 Å². The molecular formula is C20H18O7. The second-order valence-electron chi connectivity index (χ2n) is 6.04. The Bertz CT molecular complexity index is 1090. The van der Waals surface area contributed by atoms with Crippen molar-refractivity contribution in [1.29, 1.82) is 0 Å². The standard InChI is InChI=1S/C20H18O7/c1-2-3-15(22)12-9-14-18(23)13-8-11(20(24)25)4-5-16(13)27-19(14)17(10-12)26-7-6-21/h4-5,8-10,21H,2-3,6-7H2,1H3,(H,24,25). The highest BCUT2D eigenvalue weighted by atomic mass is 16.5. The van der Waals surface area contributed by atoms with E-state index < -0.39 is 11.4 Å². The molecule has 3 rings (SSSR count). The van der Waals surface area contributed by atoms with Gasteiger partial charge in [0.25, 0.3) is 0 Å². The fourth-order valence-electron chi connectivity index (χ4n) is 2.86. The first kappa shape index (κ1) is 18.6. The molecule has 2 N–H and O–H groups in total. The zero-order valence-corrected chi connectivity index (χ0v) is 14.7. The van der Waals surface area contributed by atoms with E-state index in [2.05, 4.69) is 0 Å². The summed E-state index contributed by atoms with van der Waals surface area (Å²) in [6.07, 6.45) is 0.963. The van der Waals surface area contributed by atoms with Crippen LogP contribution in [0.25, 0.3) is 21.9 Å². The van der Waals surface area contributed by atoms with E-state index in [0.717, 1.165) is 0 Å². The predicted molar refractivity (Wildman–Crippen MR) is 98.8 cm³/mol. The molecule has 1 aromatic heterocycles. The lowest BCUT2D eigenvalue weighted by atomic mass is 10.0. The van der Waals surface area contributed by atoms with Crippen LogP contribution in [-0.2, 0) is 0 Å². The Hall–Kier alpha value is -3.19. The fraction of sp³-hybridized carbons (Fsp3) is 0.250. The van der Waals surface area contributed by atoms with E-state index in [0.29, 0.717) is 18.4 Å². The van der Waals surface area contributed by atoms with Crippen LogP contribution in [0.3, 0.4) is 0 Å². The van der Waals surface area contributed by atoms with Gasteiger partial charge < -0.3 is 19.4 Å². The SMILES string of the molecule is CCCC(=O)c1cc(OCCO)c2oc3ccc(C(=O)O)cc3c(=O)c2c1. The third-order valence-corrected chi connectivity index (χ3v) is 4.13. The summed E-state index contributed by atoms with van der Waals surface area (Å²) in [5.74, 6) is -1.12. The summed E-state index contributed by atoms with van der Waals surface area (Å²) >= 11 is 0. The summed E-state index contributed by atoms with van der Waals surface area (Å²) in [6, 6.07) is 6.93. The Morgan fingerprint density at radius 2 is 1.85 bits per heavy atom. The van der Waals surface area contributed by atoms with Crippen molar-refractivity contribution in [1.82, 2.24) is 0 Å². The van der Waals surface area contributed by atoms with Crippen LogP contribution in [-0.4, -0.2) is 35.2 Å². The van der Waals surface area contributed by atoms with Gasteiger partial charge in [0.2, 0.25) is 5.43 Å². The summed E-state index contributed by atoms with van der Waals surface area (Å²) in [7, 11) is 0. The highest BCUT2D eigenvalue weighted by Gasteiger charge is 2.18. The molecule has 0 aliphatic heterocycles. The minimum Gasteiger partial charge on any atom is -0.487 e.